The molecular formula is C32H32FN5O. The minimum absolute atomic E-state index is 0.0950. The summed E-state index contributed by atoms with van der Waals surface area (Å²) in [4.78, 5) is 25.5. The van der Waals surface area contributed by atoms with Gasteiger partial charge >= 0.3 is 5.69 Å². The van der Waals surface area contributed by atoms with Crippen molar-refractivity contribution in [3.05, 3.63) is 94.2 Å². The van der Waals surface area contributed by atoms with Gasteiger partial charge in [-0.2, -0.15) is 4.98 Å². The Balaban J connectivity index is 1.69. The van der Waals surface area contributed by atoms with Crippen LogP contribution in [0, 0.1) is 12.7 Å². The van der Waals surface area contributed by atoms with Gasteiger partial charge in [0.15, 0.2) is 5.65 Å². The van der Waals surface area contributed by atoms with Crippen molar-refractivity contribution in [1.82, 2.24) is 19.9 Å². The molecule has 0 aliphatic carbocycles. The van der Waals surface area contributed by atoms with Crippen LogP contribution in [-0.2, 0) is 0 Å². The average molecular weight is 522 g/mol. The molecule has 1 fully saturated rings. The summed E-state index contributed by atoms with van der Waals surface area (Å²) in [5, 5.41) is 5.98. The molecule has 1 aliphatic heterocycles. The molecule has 5 aromatic rings. The molecule has 6 nitrogen and oxygen atoms in total. The number of pyridine rings is 1. The molecule has 1 atom stereocenters. The lowest BCUT2D eigenvalue weighted by Gasteiger charge is -2.35. The fraction of sp³-hybridized carbons (Fsp3) is 0.281. The molecule has 1 N–H and O–H groups in total. The van der Waals surface area contributed by atoms with Crippen LogP contribution in [0.1, 0.15) is 37.8 Å². The third-order valence-electron chi connectivity index (χ3n) is 7.71. The Morgan fingerprint density at radius 2 is 1.79 bits per heavy atom. The molecule has 1 aliphatic rings. The molecule has 198 valence electrons. The number of anilines is 1. The van der Waals surface area contributed by atoms with Crippen LogP contribution < -0.4 is 15.9 Å². The van der Waals surface area contributed by atoms with Crippen LogP contribution in [0.15, 0.2) is 71.5 Å². The molecule has 39 heavy (non-hydrogen) atoms. The Bertz CT molecular complexity index is 1780. The van der Waals surface area contributed by atoms with E-state index in [2.05, 4.69) is 36.0 Å². The number of halogens is 1. The second-order valence-corrected chi connectivity index (χ2v) is 10.7. The van der Waals surface area contributed by atoms with E-state index >= 15 is 4.39 Å². The Labute approximate surface area is 227 Å². The Morgan fingerprint density at radius 3 is 2.56 bits per heavy atom. The first kappa shape index (κ1) is 25.2. The SMILES string of the molecule is Cc1cccc(C(C)C)c1-n1c(=O)nc(N2CCNC[C@@H]2C)c2cc(F)c(-c3ccc4ccccc4c3)nc21. The first-order valence-electron chi connectivity index (χ1n) is 13.5. The first-order valence-corrected chi connectivity index (χ1v) is 13.5. The second-order valence-electron chi connectivity index (χ2n) is 10.7. The molecule has 0 unspecified atom stereocenters. The van der Waals surface area contributed by atoms with Gasteiger partial charge in [-0.15, -0.1) is 0 Å². The van der Waals surface area contributed by atoms with Gasteiger partial charge in [-0.3, -0.25) is 0 Å². The van der Waals surface area contributed by atoms with Gasteiger partial charge < -0.3 is 10.2 Å². The Kier molecular flexibility index (Phi) is 6.39. The van der Waals surface area contributed by atoms with E-state index < -0.39 is 11.5 Å². The number of piperazine rings is 1. The predicted octanol–water partition coefficient (Wildman–Crippen LogP) is 5.97. The lowest BCUT2D eigenvalue weighted by Crippen LogP contribution is -2.50. The molecule has 0 bridgehead atoms. The highest BCUT2D eigenvalue weighted by Crippen LogP contribution is 2.34. The van der Waals surface area contributed by atoms with Gasteiger partial charge in [0, 0.05) is 31.2 Å². The molecule has 0 spiro atoms. The van der Waals surface area contributed by atoms with Crippen molar-refractivity contribution >= 4 is 27.6 Å². The standard InChI is InChI=1S/C32H32FN5O/c1-19(2)25-11-7-8-20(3)29(25)38-31-26(30(36-32(38)39)37-15-14-34-18-21(37)4)17-27(33)28(35-31)24-13-12-22-9-5-6-10-23(22)16-24/h5-13,16-17,19,21,34H,14-15,18H2,1-4H3/t21-/m0/s1. The molecule has 3 aromatic carbocycles. The lowest BCUT2D eigenvalue weighted by atomic mass is 9.98. The summed E-state index contributed by atoms with van der Waals surface area (Å²) >= 11 is 0. The number of para-hydroxylation sites is 1. The highest BCUT2D eigenvalue weighted by molar-refractivity contribution is 5.92. The molecule has 3 heterocycles. The number of nitrogens with one attached hydrogen (secondary N) is 1. The summed E-state index contributed by atoms with van der Waals surface area (Å²) in [5.41, 5.74) is 3.59. The monoisotopic (exact) mass is 521 g/mol. The van der Waals surface area contributed by atoms with Crippen molar-refractivity contribution in [3.8, 4) is 16.9 Å². The minimum Gasteiger partial charge on any atom is -0.351 e. The molecule has 0 saturated carbocycles. The molecule has 0 radical (unpaired) electrons. The van der Waals surface area contributed by atoms with E-state index in [1.165, 1.54) is 6.07 Å². The van der Waals surface area contributed by atoms with Crippen molar-refractivity contribution in [2.45, 2.75) is 39.7 Å². The van der Waals surface area contributed by atoms with Gasteiger partial charge in [0.2, 0.25) is 0 Å². The van der Waals surface area contributed by atoms with Crippen LogP contribution in [0.3, 0.4) is 0 Å². The van der Waals surface area contributed by atoms with Crippen LogP contribution >= 0.6 is 0 Å². The topological polar surface area (TPSA) is 63.1 Å². The summed E-state index contributed by atoms with van der Waals surface area (Å²) in [6, 6.07) is 21.4. The number of rotatable bonds is 4. The van der Waals surface area contributed by atoms with Crippen molar-refractivity contribution < 1.29 is 4.39 Å². The number of benzene rings is 3. The summed E-state index contributed by atoms with van der Waals surface area (Å²) < 4.78 is 17.5. The fourth-order valence-electron chi connectivity index (χ4n) is 5.67. The maximum absolute atomic E-state index is 16.0. The summed E-state index contributed by atoms with van der Waals surface area (Å²) in [6.45, 7) is 10.5. The number of hydrogen-bond donors (Lipinski definition) is 1. The Morgan fingerprint density at radius 1 is 1.00 bits per heavy atom. The third-order valence-corrected chi connectivity index (χ3v) is 7.71. The smallest absolute Gasteiger partial charge is 0.351 e. The van der Waals surface area contributed by atoms with E-state index in [9.17, 15) is 4.79 Å². The van der Waals surface area contributed by atoms with Gasteiger partial charge in [0.05, 0.1) is 11.1 Å². The molecule has 2 aromatic heterocycles. The van der Waals surface area contributed by atoms with Crippen molar-refractivity contribution in [1.29, 1.82) is 0 Å². The second kappa shape index (κ2) is 9.89. The molecule has 6 rings (SSSR count). The van der Waals surface area contributed by atoms with Crippen LogP contribution in [0.5, 0.6) is 0 Å². The van der Waals surface area contributed by atoms with Crippen molar-refractivity contribution in [2.24, 2.45) is 0 Å². The zero-order valence-electron chi connectivity index (χ0n) is 22.7. The van der Waals surface area contributed by atoms with Gasteiger partial charge in [0.1, 0.15) is 17.3 Å². The first-order chi connectivity index (χ1) is 18.8. The summed E-state index contributed by atoms with van der Waals surface area (Å²) in [6.07, 6.45) is 0. The largest absolute Gasteiger partial charge is 0.355 e. The Hall–Kier alpha value is -4.10. The van der Waals surface area contributed by atoms with Gasteiger partial charge in [-0.1, -0.05) is 68.4 Å². The molecule has 7 heteroatoms. The number of nitrogens with zero attached hydrogens (tertiary/aromatic N) is 4. The highest BCUT2D eigenvalue weighted by Gasteiger charge is 2.27. The normalized spacial score (nSPS) is 15.9. The van der Waals surface area contributed by atoms with Crippen LogP contribution in [0.25, 0.3) is 38.8 Å². The van der Waals surface area contributed by atoms with E-state index in [0.29, 0.717) is 29.0 Å². The van der Waals surface area contributed by atoms with Gasteiger partial charge in [0.25, 0.3) is 0 Å². The number of hydrogen-bond acceptors (Lipinski definition) is 5. The van der Waals surface area contributed by atoms with E-state index in [0.717, 1.165) is 40.7 Å². The number of aryl methyl sites for hydroxylation is 1. The quantitative estimate of drug-likeness (QED) is 0.316. The lowest BCUT2D eigenvalue weighted by molar-refractivity contribution is 0.497. The highest BCUT2D eigenvalue weighted by atomic mass is 19.1. The van der Waals surface area contributed by atoms with Gasteiger partial charge in [-0.25, -0.2) is 18.7 Å². The maximum atomic E-state index is 16.0. The van der Waals surface area contributed by atoms with Crippen molar-refractivity contribution in [2.75, 3.05) is 24.5 Å². The average Bonchev–Trinajstić information content (AvgIpc) is 2.93. The summed E-state index contributed by atoms with van der Waals surface area (Å²) in [5.74, 6) is 0.203. The summed E-state index contributed by atoms with van der Waals surface area (Å²) in [7, 11) is 0. The van der Waals surface area contributed by atoms with Gasteiger partial charge in [-0.05, 0) is 53.8 Å². The maximum Gasteiger partial charge on any atom is 0.355 e. The fourth-order valence-corrected chi connectivity index (χ4v) is 5.67. The predicted molar refractivity (Wildman–Crippen MR) is 157 cm³/mol. The van der Waals surface area contributed by atoms with Crippen LogP contribution in [0.2, 0.25) is 0 Å². The van der Waals surface area contributed by atoms with E-state index in [1.54, 1.807) is 4.57 Å². The van der Waals surface area contributed by atoms with Crippen LogP contribution in [0.4, 0.5) is 10.2 Å². The zero-order chi connectivity index (χ0) is 27.3. The van der Waals surface area contributed by atoms with E-state index in [1.807, 2.05) is 67.6 Å². The zero-order valence-corrected chi connectivity index (χ0v) is 22.7. The van der Waals surface area contributed by atoms with Crippen LogP contribution in [-0.4, -0.2) is 40.2 Å². The molecule has 1 saturated heterocycles. The van der Waals surface area contributed by atoms with E-state index in [4.69, 9.17) is 4.98 Å². The molecule has 0 amide bonds. The number of fused-ring (bicyclic) bond motifs is 2. The minimum atomic E-state index is -0.442. The van der Waals surface area contributed by atoms with E-state index in [-0.39, 0.29) is 17.7 Å². The third kappa shape index (κ3) is 4.36. The van der Waals surface area contributed by atoms with Crippen molar-refractivity contribution in [3.63, 3.8) is 0 Å². The molecular weight excluding hydrogens is 489 g/mol. The number of aromatic nitrogens is 3.